The second-order valence-electron chi connectivity index (χ2n) is 9.57. The van der Waals surface area contributed by atoms with E-state index in [1.54, 1.807) is 33.8 Å². The van der Waals surface area contributed by atoms with Crippen molar-refractivity contribution in [3.63, 3.8) is 0 Å². The third kappa shape index (κ3) is 6.45. The van der Waals surface area contributed by atoms with Crippen molar-refractivity contribution in [2.75, 3.05) is 17.2 Å². The second-order valence-corrected chi connectivity index (χ2v) is 9.57. The van der Waals surface area contributed by atoms with Gasteiger partial charge in [0.2, 0.25) is 0 Å². The highest BCUT2D eigenvalue weighted by Crippen LogP contribution is 2.28. The molecule has 0 atom stereocenters. The van der Waals surface area contributed by atoms with E-state index in [2.05, 4.69) is 30.7 Å². The molecule has 0 bridgehead atoms. The van der Waals surface area contributed by atoms with E-state index < -0.39 is 29.0 Å². The summed E-state index contributed by atoms with van der Waals surface area (Å²) in [5.41, 5.74) is 0.130. The molecule has 220 valence electrons. The van der Waals surface area contributed by atoms with Gasteiger partial charge in [0, 0.05) is 37.0 Å². The molecule has 4 aromatic heterocycles. The van der Waals surface area contributed by atoms with Gasteiger partial charge in [-0.1, -0.05) is 5.16 Å². The number of hydrogen-bond donors (Lipinski definition) is 2. The summed E-state index contributed by atoms with van der Waals surface area (Å²) in [6.07, 6.45) is -0.900. The van der Waals surface area contributed by atoms with Crippen LogP contribution in [0.1, 0.15) is 36.6 Å². The van der Waals surface area contributed by atoms with Gasteiger partial charge in [0.25, 0.3) is 11.5 Å². The zero-order valence-electron chi connectivity index (χ0n) is 23.3. The number of aryl methyl sites for hydroxylation is 1. The molecular weight excluding hydrogens is 557 g/mol. The fourth-order valence-electron chi connectivity index (χ4n) is 4.00. The number of nitrogens with zero attached hydrogens (tertiary/aromatic N) is 6. The van der Waals surface area contributed by atoms with E-state index in [1.165, 1.54) is 30.1 Å². The molecule has 4 heterocycles. The SMILES string of the molecule is C/C(CNc1c(C)c(=O)n(Cc2cc(C)on2)c(=O)n1C)=C(\C)C(=O)Nc1cncc(-c2ccc(C(F)(F)F)nc2)n1. The second kappa shape index (κ2) is 11.8. The molecular formula is C27H27F3N8O4. The molecule has 0 spiro atoms. The largest absolute Gasteiger partial charge is 0.433 e. The number of anilines is 2. The number of amides is 1. The summed E-state index contributed by atoms with van der Waals surface area (Å²) in [5, 5.41) is 9.53. The van der Waals surface area contributed by atoms with Gasteiger partial charge in [0.15, 0.2) is 5.82 Å². The van der Waals surface area contributed by atoms with Gasteiger partial charge in [-0.25, -0.2) is 9.78 Å². The molecule has 0 unspecified atom stereocenters. The minimum atomic E-state index is -4.57. The average Bonchev–Trinajstić information content (AvgIpc) is 3.37. The fourth-order valence-corrected chi connectivity index (χ4v) is 4.00. The van der Waals surface area contributed by atoms with Crippen molar-refractivity contribution in [1.29, 1.82) is 0 Å². The van der Waals surface area contributed by atoms with Gasteiger partial charge in [-0.2, -0.15) is 13.2 Å². The number of hydrogen-bond acceptors (Lipinski definition) is 9. The van der Waals surface area contributed by atoms with E-state index in [-0.39, 0.29) is 24.6 Å². The van der Waals surface area contributed by atoms with Crippen LogP contribution >= 0.6 is 0 Å². The number of nitrogens with one attached hydrogen (secondary N) is 2. The van der Waals surface area contributed by atoms with Gasteiger partial charge in [-0.15, -0.1) is 0 Å². The zero-order chi connectivity index (χ0) is 30.8. The Morgan fingerprint density at radius 1 is 1.10 bits per heavy atom. The lowest BCUT2D eigenvalue weighted by atomic mass is 10.1. The molecule has 42 heavy (non-hydrogen) atoms. The van der Waals surface area contributed by atoms with Gasteiger partial charge in [-0.3, -0.25) is 28.7 Å². The molecule has 0 aliphatic rings. The van der Waals surface area contributed by atoms with Gasteiger partial charge in [0.05, 0.1) is 30.2 Å². The Labute approximate surface area is 236 Å². The minimum absolute atomic E-state index is 0.0400. The lowest BCUT2D eigenvalue weighted by molar-refractivity contribution is -0.141. The first-order chi connectivity index (χ1) is 19.8. The van der Waals surface area contributed by atoms with Crippen LogP contribution < -0.4 is 21.9 Å². The highest BCUT2D eigenvalue weighted by molar-refractivity contribution is 6.03. The van der Waals surface area contributed by atoms with Crippen LogP contribution in [0, 0.1) is 13.8 Å². The van der Waals surface area contributed by atoms with Crippen LogP contribution in [0.25, 0.3) is 11.3 Å². The topological polar surface area (TPSA) is 150 Å². The maximum Gasteiger partial charge on any atom is 0.433 e. The van der Waals surface area contributed by atoms with Gasteiger partial charge in [0.1, 0.15) is 23.0 Å². The molecule has 0 fully saturated rings. The van der Waals surface area contributed by atoms with Crippen molar-refractivity contribution in [2.24, 2.45) is 7.05 Å². The number of rotatable bonds is 8. The molecule has 0 saturated heterocycles. The van der Waals surface area contributed by atoms with Crippen molar-refractivity contribution in [3.8, 4) is 11.3 Å². The van der Waals surface area contributed by atoms with Crippen LogP contribution in [0.5, 0.6) is 0 Å². The van der Waals surface area contributed by atoms with E-state index in [4.69, 9.17) is 4.52 Å². The number of aromatic nitrogens is 6. The van der Waals surface area contributed by atoms with Crippen LogP contribution in [0.3, 0.4) is 0 Å². The van der Waals surface area contributed by atoms with E-state index in [9.17, 15) is 27.6 Å². The van der Waals surface area contributed by atoms with Crippen LogP contribution in [-0.4, -0.2) is 41.7 Å². The Balaban J connectivity index is 1.47. The molecule has 1 amide bonds. The van der Waals surface area contributed by atoms with Gasteiger partial charge in [-0.05, 0) is 45.4 Å². The van der Waals surface area contributed by atoms with E-state index in [1.807, 2.05) is 0 Å². The maximum atomic E-state index is 13.0. The Kier molecular flexibility index (Phi) is 8.40. The standard InChI is InChI=1S/C27H27F3N8O4/c1-14(9-33-23-17(4)25(40)38(26(41)37(23)5)13-19-8-15(2)42-36-19)16(3)24(39)35-22-12-31-11-20(34-22)18-6-7-21(32-10-18)27(28,29)30/h6-8,10-12,33H,9,13H2,1-5H3,(H,34,35,39)/b16-14-. The van der Waals surface area contributed by atoms with Crippen LogP contribution in [0.15, 0.2) is 62.0 Å². The number of carbonyl (C=O) groups is 1. The molecule has 4 rings (SSSR count). The Bertz CT molecular complexity index is 1750. The van der Waals surface area contributed by atoms with Crippen LogP contribution in [0.4, 0.5) is 24.8 Å². The first kappa shape index (κ1) is 29.9. The van der Waals surface area contributed by atoms with E-state index in [0.717, 1.165) is 16.8 Å². The number of carbonyl (C=O) groups excluding carboxylic acids is 1. The average molecular weight is 585 g/mol. The lowest BCUT2D eigenvalue weighted by Crippen LogP contribution is -2.41. The smallest absolute Gasteiger partial charge is 0.367 e. The number of alkyl halides is 3. The summed E-state index contributed by atoms with van der Waals surface area (Å²) in [7, 11) is 1.53. The lowest BCUT2D eigenvalue weighted by Gasteiger charge is -2.17. The van der Waals surface area contributed by atoms with Crippen molar-refractivity contribution in [3.05, 3.63) is 91.5 Å². The first-order valence-electron chi connectivity index (χ1n) is 12.6. The molecule has 0 aliphatic carbocycles. The van der Waals surface area contributed by atoms with E-state index >= 15 is 0 Å². The maximum absolute atomic E-state index is 13.0. The molecule has 0 radical (unpaired) electrons. The summed E-state index contributed by atoms with van der Waals surface area (Å²) < 4.78 is 45.8. The first-order valence-corrected chi connectivity index (χ1v) is 12.6. The van der Waals surface area contributed by atoms with Crippen LogP contribution in [-0.2, 0) is 24.6 Å². The van der Waals surface area contributed by atoms with Crippen molar-refractivity contribution >= 4 is 17.5 Å². The van der Waals surface area contributed by atoms with Crippen molar-refractivity contribution in [2.45, 2.75) is 40.4 Å². The monoisotopic (exact) mass is 584 g/mol. The van der Waals surface area contributed by atoms with Gasteiger partial charge >= 0.3 is 11.9 Å². The normalized spacial score (nSPS) is 12.2. The fraction of sp³-hybridized carbons (Fsp3) is 0.296. The molecule has 12 nitrogen and oxygen atoms in total. The summed E-state index contributed by atoms with van der Waals surface area (Å²) in [6.45, 7) is 6.70. The quantitative estimate of drug-likeness (QED) is 0.297. The minimum Gasteiger partial charge on any atom is -0.367 e. The zero-order valence-corrected chi connectivity index (χ0v) is 23.3. The molecule has 0 saturated carbocycles. The van der Waals surface area contributed by atoms with Crippen LogP contribution in [0.2, 0.25) is 0 Å². The number of halogens is 3. The Morgan fingerprint density at radius 2 is 1.83 bits per heavy atom. The summed E-state index contributed by atoms with van der Waals surface area (Å²) in [4.78, 5) is 50.5. The summed E-state index contributed by atoms with van der Waals surface area (Å²) >= 11 is 0. The van der Waals surface area contributed by atoms with E-state index in [0.29, 0.717) is 39.5 Å². The third-order valence-electron chi connectivity index (χ3n) is 6.50. The Morgan fingerprint density at radius 3 is 2.45 bits per heavy atom. The molecule has 4 aromatic rings. The predicted molar refractivity (Wildman–Crippen MR) is 147 cm³/mol. The van der Waals surface area contributed by atoms with Gasteiger partial charge < -0.3 is 15.2 Å². The highest BCUT2D eigenvalue weighted by atomic mass is 19.4. The molecule has 15 heteroatoms. The number of pyridine rings is 1. The third-order valence-corrected chi connectivity index (χ3v) is 6.50. The summed E-state index contributed by atoms with van der Waals surface area (Å²) in [6, 6.07) is 3.70. The van der Waals surface area contributed by atoms with Crippen molar-refractivity contribution in [1.82, 2.24) is 29.2 Å². The Hall–Kier alpha value is -5.08. The predicted octanol–water partition coefficient (Wildman–Crippen LogP) is 3.46. The highest BCUT2D eigenvalue weighted by Gasteiger charge is 2.32. The molecule has 2 N–H and O–H groups in total. The molecule has 0 aliphatic heterocycles. The van der Waals surface area contributed by atoms with Crippen molar-refractivity contribution < 1.29 is 22.5 Å². The summed E-state index contributed by atoms with van der Waals surface area (Å²) in [5.74, 6) is 0.452. The molecule has 0 aromatic carbocycles.